The van der Waals surface area contributed by atoms with Crippen LogP contribution in [0.25, 0.3) is 0 Å². The molecule has 3 rings (SSSR count). The molecular formula is C18H20Cl2N2. The summed E-state index contributed by atoms with van der Waals surface area (Å²) in [6.07, 6.45) is 0. The molecule has 2 aromatic carbocycles. The summed E-state index contributed by atoms with van der Waals surface area (Å²) in [4.78, 5) is 2.49. The minimum Gasteiger partial charge on any atom is -0.314 e. The van der Waals surface area contributed by atoms with Crippen molar-refractivity contribution in [2.75, 3.05) is 26.2 Å². The summed E-state index contributed by atoms with van der Waals surface area (Å²) in [7, 11) is 0. The number of piperazine rings is 1. The van der Waals surface area contributed by atoms with Gasteiger partial charge in [0.15, 0.2) is 0 Å². The van der Waals surface area contributed by atoms with E-state index in [0.717, 1.165) is 36.8 Å². The quantitative estimate of drug-likeness (QED) is 0.900. The summed E-state index contributed by atoms with van der Waals surface area (Å²) in [6.45, 7) is 6.20. The molecule has 0 saturated carbocycles. The van der Waals surface area contributed by atoms with Crippen molar-refractivity contribution in [3.8, 4) is 0 Å². The first-order valence-corrected chi connectivity index (χ1v) is 8.37. The predicted molar refractivity (Wildman–Crippen MR) is 93.9 cm³/mol. The average Bonchev–Trinajstić information content (AvgIpc) is 2.52. The zero-order chi connectivity index (χ0) is 15.5. The van der Waals surface area contributed by atoms with Crippen molar-refractivity contribution in [3.63, 3.8) is 0 Å². The van der Waals surface area contributed by atoms with Crippen LogP contribution in [0.5, 0.6) is 0 Å². The minimum absolute atomic E-state index is 0.174. The van der Waals surface area contributed by atoms with E-state index in [-0.39, 0.29) is 6.04 Å². The zero-order valence-electron chi connectivity index (χ0n) is 12.7. The molecule has 0 aliphatic carbocycles. The average molecular weight is 335 g/mol. The van der Waals surface area contributed by atoms with Crippen LogP contribution in [0.2, 0.25) is 10.0 Å². The van der Waals surface area contributed by atoms with Crippen LogP contribution in [0.3, 0.4) is 0 Å². The van der Waals surface area contributed by atoms with Gasteiger partial charge >= 0.3 is 0 Å². The molecule has 1 atom stereocenters. The molecule has 1 saturated heterocycles. The van der Waals surface area contributed by atoms with E-state index in [4.69, 9.17) is 23.2 Å². The first-order chi connectivity index (χ1) is 10.7. The fourth-order valence-electron chi connectivity index (χ4n) is 3.12. The summed E-state index contributed by atoms with van der Waals surface area (Å²) >= 11 is 12.6. The minimum atomic E-state index is 0.174. The fourth-order valence-corrected chi connectivity index (χ4v) is 3.63. The monoisotopic (exact) mass is 334 g/mol. The molecule has 0 amide bonds. The SMILES string of the molecule is Cc1ccccc1C(c1ccc(Cl)cc1Cl)N1CCNCC1. The second kappa shape index (κ2) is 7.01. The van der Waals surface area contributed by atoms with Crippen LogP contribution >= 0.6 is 23.2 Å². The Hall–Kier alpha value is -1.06. The molecular weight excluding hydrogens is 315 g/mol. The molecule has 0 radical (unpaired) electrons. The molecule has 1 aliphatic heterocycles. The van der Waals surface area contributed by atoms with Crippen LogP contribution in [-0.4, -0.2) is 31.1 Å². The van der Waals surface area contributed by atoms with Crippen LogP contribution in [0.1, 0.15) is 22.7 Å². The van der Waals surface area contributed by atoms with E-state index < -0.39 is 0 Å². The van der Waals surface area contributed by atoms with E-state index >= 15 is 0 Å². The van der Waals surface area contributed by atoms with Gasteiger partial charge in [-0.15, -0.1) is 0 Å². The number of hydrogen-bond acceptors (Lipinski definition) is 2. The second-order valence-corrected chi connectivity index (χ2v) is 6.55. The van der Waals surface area contributed by atoms with Gasteiger partial charge in [0.05, 0.1) is 6.04 Å². The fraction of sp³-hybridized carbons (Fsp3) is 0.333. The Kier molecular flexibility index (Phi) is 5.04. The Labute approximate surface area is 142 Å². The Bertz CT molecular complexity index is 651. The predicted octanol–water partition coefficient (Wildman–Crippen LogP) is 4.30. The van der Waals surface area contributed by atoms with E-state index in [1.807, 2.05) is 12.1 Å². The van der Waals surface area contributed by atoms with Crippen LogP contribution in [0, 0.1) is 6.92 Å². The molecule has 1 unspecified atom stereocenters. The first kappa shape index (κ1) is 15.8. The lowest BCUT2D eigenvalue weighted by Gasteiger charge is -2.36. The molecule has 1 N–H and O–H groups in total. The Morgan fingerprint density at radius 2 is 1.73 bits per heavy atom. The van der Waals surface area contributed by atoms with E-state index in [1.54, 1.807) is 0 Å². The van der Waals surface area contributed by atoms with E-state index in [0.29, 0.717) is 5.02 Å². The normalized spacial score (nSPS) is 17.4. The van der Waals surface area contributed by atoms with Crippen molar-refractivity contribution in [1.29, 1.82) is 0 Å². The maximum Gasteiger partial charge on any atom is 0.0619 e. The van der Waals surface area contributed by atoms with Gasteiger partial charge in [0.1, 0.15) is 0 Å². The van der Waals surface area contributed by atoms with Gasteiger partial charge in [-0.2, -0.15) is 0 Å². The lowest BCUT2D eigenvalue weighted by atomic mass is 9.93. The number of nitrogens with one attached hydrogen (secondary N) is 1. The summed E-state index contributed by atoms with van der Waals surface area (Å²) in [5.41, 5.74) is 3.73. The van der Waals surface area contributed by atoms with Crippen LogP contribution in [0.4, 0.5) is 0 Å². The number of aryl methyl sites for hydroxylation is 1. The lowest BCUT2D eigenvalue weighted by Crippen LogP contribution is -2.45. The highest BCUT2D eigenvalue weighted by Crippen LogP contribution is 2.36. The Morgan fingerprint density at radius 3 is 2.41 bits per heavy atom. The van der Waals surface area contributed by atoms with Gasteiger partial charge in [0.25, 0.3) is 0 Å². The molecule has 0 spiro atoms. The van der Waals surface area contributed by atoms with Crippen molar-refractivity contribution in [2.45, 2.75) is 13.0 Å². The number of benzene rings is 2. The smallest absolute Gasteiger partial charge is 0.0619 e. The van der Waals surface area contributed by atoms with Gasteiger partial charge in [-0.1, -0.05) is 53.5 Å². The third kappa shape index (κ3) is 3.31. The molecule has 1 heterocycles. The summed E-state index contributed by atoms with van der Waals surface area (Å²) < 4.78 is 0. The number of hydrogen-bond donors (Lipinski definition) is 1. The van der Waals surface area contributed by atoms with E-state index in [2.05, 4.69) is 47.5 Å². The number of rotatable bonds is 3. The van der Waals surface area contributed by atoms with Gasteiger partial charge in [0, 0.05) is 36.2 Å². The molecule has 1 fully saturated rings. The standard InChI is InChI=1S/C18H20Cl2N2/c1-13-4-2-3-5-15(13)18(22-10-8-21-9-11-22)16-7-6-14(19)12-17(16)20/h2-7,12,18,21H,8-11H2,1H3. The molecule has 2 nitrogen and oxygen atoms in total. The molecule has 0 aromatic heterocycles. The summed E-state index contributed by atoms with van der Waals surface area (Å²) in [5, 5.41) is 4.83. The maximum atomic E-state index is 6.52. The van der Waals surface area contributed by atoms with Crippen LogP contribution in [0.15, 0.2) is 42.5 Å². The third-order valence-corrected chi connectivity index (χ3v) is 4.82. The highest BCUT2D eigenvalue weighted by Gasteiger charge is 2.26. The lowest BCUT2D eigenvalue weighted by molar-refractivity contribution is 0.198. The van der Waals surface area contributed by atoms with Crippen molar-refractivity contribution in [3.05, 3.63) is 69.2 Å². The van der Waals surface area contributed by atoms with Crippen molar-refractivity contribution < 1.29 is 0 Å². The number of nitrogens with zero attached hydrogens (tertiary/aromatic N) is 1. The second-order valence-electron chi connectivity index (χ2n) is 5.71. The van der Waals surface area contributed by atoms with Gasteiger partial charge < -0.3 is 5.32 Å². The zero-order valence-corrected chi connectivity index (χ0v) is 14.2. The van der Waals surface area contributed by atoms with Crippen LogP contribution in [-0.2, 0) is 0 Å². The molecule has 2 aromatic rings. The molecule has 116 valence electrons. The highest BCUT2D eigenvalue weighted by molar-refractivity contribution is 6.35. The van der Waals surface area contributed by atoms with Crippen molar-refractivity contribution in [1.82, 2.24) is 10.2 Å². The van der Waals surface area contributed by atoms with E-state index in [9.17, 15) is 0 Å². The van der Waals surface area contributed by atoms with Gasteiger partial charge in [-0.25, -0.2) is 0 Å². The molecule has 0 bridgehead atoms. The van der Waals surface area contributed by atoms with Crippen molar-refractivity contribution >= 4 is 23.2 Å². The Morgan fingerprint density at radius 1 is 1.00 bits per heavy atom. The van der Waals surface area contributed by atoms with Gasteiger partial charge in [0.2, 0.25) is 0 Å². The third-order valence-electron chi connectivity index (χ3n) is 4.26. The van der Waals surface area contributed by atoms with Gasteiger partial charge in [-0.3, -0.25) is 4.90 Å². The molecule has 22 heavy (non-hydrogen) atoms. The topological polar surface area (TPSA) is 15.3 Å². The molecule has 1 aliphatic rings. The largest absolute Gasteiger partial charge is 0.314 e. The maximum absolute atomic E-state index is 6.52. The summed E-state index contributed by atoms with van der Waals surface area (Å²) in [6, 6.07) is 14.5. The number of halogens is 2. The van der Waals surface area contributed by atoms with Crippen LogP contribution < -0.4 is 5.32 Å². The Balaban J connectivity index is 2.08. The molecule has 4 heteroatoms. The van der Waals surface area contributed by atoms with E-state index in [1.165, 1.54) is 11.1 Å². The summed E-state index contributed by atoms with van der Waals surface area (Å²) in [5.74, 6) is 0. The van der Waals surface area contributed by atoms with Gasteiger partial charge in [-0.05, 0) is 35.7 Å². The highest BCUT2D eigenvalue weighted by atomic mass is 35.5. The van der Waals surface area contributed by atoms with Crippen molar-refractivity contribution in [2.24, 2.45) is 0 Å². The first-order valence-electron chi connectivity index (χ1n) is 7.62.